The van der Waals surface area contributed by atoms with Crippen LogP contribution in [0.15, 0.2) is 31.1 Å². The van der Waals surface area contributed by atoms with Crippen LogP contribution in [0.5, 0.6) is 5.75 Å². The van der Waals surface area contributed by atoms with Crippen molar-refractivity contribution >= 4 is 12.6 Å². The van der Waals surface area contributed by atoms with Gasteiger partial charge in [0, 0.05) is 17.9 Å². The second-order valence-corrected chi connectivity index (χ2v) is 2.85. The van der Waals surface area contributed by atoms with E-state index in [-0.39, 0.29) is 11.6 Å². The normalized spacial score (nSPS) is 11.9. The van der Waals surface area contributed by atoms with Gasteiger partial charge in [0.15, 0.2) is 0 Å². The molecular weight excluding hydrogens is 181 g/mol. The lowest BCUT2D eigenvalue weighted by molar-refractivity contribution is 0.271. The van der Waals surface area contributed by atoms with Gasteiger partial charge in [0.1, 0.15) is 11.9 Å². The first kappa shape index (κ1) is 10.8. The van der Waals surface area contributed by atoms with E-state index < -0.39 is 7.12 Å². The maximum atomic E-state index is 9.00. The van der Waals surface area contributed by atoms with Crippen LogP contribution in [0.3, 0.4) is 0 Å². The Hall–Kier alpha value is -1.33. The SMILES string of the molecule is C=CC(C)Oc1ccncc1B(O)O. The number of nitrogens with zero attached hydrogens (tertiary/aromatic N) is 1. The molecule has 74 valence electrons. The van der Waals surface area contributed by atoms with Gasteiger partial charge in [-0.3, -0.25) is 4.98 Å². The van der Waals surface area contributed by atoms with Crippen LogP contribution >= 0.6 is 0 Å². The highest BCUT2D eigenvalue weighted by atomic mass is 16.5. The fraction of sp³-hybridized carbons (Fsp3) is 0.222. The topological polar surface area (TPSA) is 62.6 Å². The third kappa shape index (κ3) is 2.58. The average molecular weight is 193 g/mol. The predicted molar refractivity (Wildman–Crippen MR) is 54.3 cm³/mol. The largest absolute Gasteiger partial charge is 0.493 e. The van der Waals surface area contributed by atoms with E-state index in [1.165, 1.54) is 12.4 Å². The summed E-state index contributed by atoms with van der Waals surface area (Å²) < 4.78 is 5.38. The van der Waals surface area contributed by atoms with Crippen molar-refractivity contribution in [2.24, 2.45) is 0 Å². The molecule has 1 aromatic heterocycles. The number of ether oxygens (including phenoxy) is 1. The summed E-state index contributed by atoms with van der Waals surface area (Å²) in [6.07, 6.45) is 4.32. The Morgan fingerprint density at radius 2 is 2.36 bits per heavy atom. The highest BCUT2D eigenvalue weighted by Gasteiger charge is 2.17. The molecule has 0 aliphatic rings. The zero-order valence-corrected chi connectivity index (χ0v) is 7.92. The second-order valence-electron chi connectivity index (χ2n) is 2.85. The second kappa shape index (κ2) is 4.78. The molecule has 1 heterocycles. The molecule has 0 fully saturated rings. The van der Waals surface area contributed by atoms with E-state index >= 15 is 0 Å². The highest BCUT2D eigenvalue weighted by Crippen LogP contribution is 2.08. The number of hydrogen-bond acceptors (Lipinski definition) is 4. The van der Waals surface area contributed by atoms with Gasteiger partial charge in [-0.1, -0.05) is 12.7 Å². The van der Waals surface area contributed by atoms with Crippen molar-refractivity contribution in [3.8, 4) is 5.75 Å². The first-order valence-electron chi connectivity index (χ1n) is 4.24. The molecule has 2 N–H and O–H groups in total. The van der Waals surface area contributed by atoms with Crippen molar-refractivity contribution < 1.29 is 14.8 Å². The van der Waals surface area contributed by atoms with E-state index in [0.29, 0.717) is 5.75 Å². The third-order valence-electron chi connectivity index (χ3n) is 1.73. The molecule has 0 aromatic carbocycles. The molecule has 0 bridgehead atoms. The lowest BCUT2D eigenvalue weighted by Crippen LogP contribution is -2.32. The summed E-state index contributed by atoms with van der Waals surface area (Å²) in [5, 5.41) is 18.0. The van der Waals surface area contributed by atoms with Gasteiger partial charge >= 0.3 is 7.12 Å². The maximum absolute atomic E-state index is 9.00. The molecule has 0 spiro atoms. The molecule has 4 nitrogen and oxygen atoms in total. The number of aromatic nitrogens is 1. The molecule has 14 heavy (non-hydrogen) atoms. The molecule has 0 amide bonds. The molecule has 0 aliphatic heterocycles. The highest BCUT2D eigenvalue weighted by molar-refractivity contribution is 6.59. The molecule has 1 rings (SSSR count). The van der Waals surface area contributed by atoms with Crippen molar-refractivity contribution in [3.05, 3.63) is 31.1 Å². The molecule has 1 aromatic rings. The lowest BCUT2D eigenvalue weighted by Gasteiger charge is -2.13. The summed E-state index contributed by atoms with van der Waals surface area (Å²) in [4.78, 5) is 3.77. The van der Waals surface area contributed by atoms with Crippen LogP contribution in [0.1, 0.15) is 6.92 Å². The Balaban J connectivity index is 2.89. The van der Waals surface area contributed by atoms with E-state index in [4.69, 9.17) is 14.8 Å². The first-order chi connectivity index (χ1) is 6.65. The summed E-state index contributed by atoms with van der Waals surface area (Å²) >= 11 is 0. The molecule has 1 atom stereocenters. The molecule has 0 saturated heterocycles. The van der Waals surface area contributed by atoms with E-state index in [2.05, 4.69) is 11.6 Å². The van der Waals surface area contributed by atoms with Crippen LogP contribution in [0, 0.1) is 0 Å². The Morgan fingerprint density at radius 3 is 2.93 bits per heavy atom. The zero-order chi connectivity index (χ0) is 10.6. The Labute approximate surface area is 83.0 Å². The lowest BCUT2D eigenvalue weighted by atomic mass is 9.81. The standard InChI is InChI=1S/C9H12BNO3/c1-3-7(2)14-9-4-5-11-6-8(9)10(12)13/h3-7,12-13H,1H2,2H3. The minimum Gasteiger partial charge on any atom is -0.487 e. The number of rotatable bonds is 4. The quantitative estimate of drug-likeness (QED) is 0.509. The van der Waals surface area contributed by atoms with Crippen LogP contribution < -0.4 is 10.2 Å². The fourth-order valence-corrected chi connectivity index (χ4v) is 0.944. The van der Waals surface area contributed by atoms with Crippen LogP contribution in [-0.4, -0.2) is 28.3 Å². The van der Waals surface area contributed by atoms with E-state index in [0.717, 1.165) is 0 Å². The molecule has 1 unspecified atom stereocenters. The Bertz CT molecular complexity index is 317. The number of pyridine rings is 1. The Kier molecular flexibility index (Phi) is 3.68. The van der Waals surface area contributed by atoms with Crippen LogP contribution in [0.2, 0.25) is 0 Å². The summed E-state index contributed by atoms with van der Waals surface area (Å²) in [7, 11) is -1.57. The fourth-order valence-electron chi connectivity index (χ4n) is 0.944. The maximum Gasteiger partial charge on any atom is 0.493 e. The van der Waals surface area contributed by atoms with Crippen LogP contribution in [0.25, 0.3) is 0 Å². The number of hydrogen-bond donors (Lipinski definition) is 2. The van der Waals surface area contributed by atoms with Gasteiger partial charge in [0.25, 0.3) is 0 Å². The molecule has 0 aliphatic carbocycles. The monoisotopic (exact) mass is 193 g/mol. The summed E-state index contributed by atoms with van der Waals surface area (Å²) in [6, 6.07) is 1.58. The van der Waals surface area contributed by atoms with Gasteiger partial charge in [0.2, 0.25) is 0 Å². The first-order valence-corrected chi connectivity index (χ1v) is 4.24. The van der Waals surface area contributed by atoms with Gasteiger partial charge in [-0.15, -0.1) is 0 Å². The van der Waals surface area contributed by atoms with Gasteiger partial charge in [-0.25, -0.2) is 0 Å². The predicted octanol–water partition coefficient (Wildman–Crippen LogP) is -0.285. The van der Waals surface area contributed by atoms with Gasteiger partial charge in [-0.2, -0.15) is 0 Å². The third-order valence-corrected chi connectivity index (χ3v) is 1.73. The van der Waals surface area contributed by atoms with Crippen molar-refractivity contribution in [1.82, 2.24) is 4.98 Å². The molecule has 0 radical (unpaired) electrons. The van der Waals surface area contributed by atoms with Gasteiger partial charge in [-0.05, 0) is 13.0 Å². The molecule has 5 heteroatoms. The summed E-state index contributed by atoms with van der Waals surface area (Å²) in [5.74, 6) is 0.405. The average Bonchev–Trinajstić information content (AvgIpc) is 2.18. The van der Waals surface area contributed by atoms with Gasteiger partial charge in [0.05, 0.1) is 0 Å². The van der Waals surface area contributed by atoms with Crippen molar-refractivity contribution in [3.63, 3.8) is 0 Å². The van der Waals surface area contributed by atoms with E-state index in [1.54, 1.807) is 19.1 Å². The summed E-state index contributed by atoms with van der Waals surface area (Å²) in [6.45, 7) is 5.37. The summed E-state index contributed by atoms with van der Waals surface area (Å²) in [5.41, 5.74) is 0.251. The molecular formula is C9H12BNO3. The Morgan fingerprint density at radius 1 is 1.64 bits per heavy atom. The smallest absolute Gasteiger partial charge is 0.487 e. The van der Waals surface area contributed by atoms with E-state index in [9.17, 15) is 0 Å². The van der Waals surface area contributed by atoms with Crippen LogP contribution in [-0.2, 0) is 0 Å². The van der Waals surface area contributed by atoms with Crippen LogP contribution in [0.4, 0.5) is 0 Å². The molecule has 0 saturated carbocycles. The van der Waals surface area contributed by atoms with Crippen molar-refractivity contribution in [2.75, 3.05) is 0 Å². The van der Waals surface area contributed by atoms with Crippen molar-refractivity contribution in [1.29, 1.82) is 0 Å². The van der Waals surface area contributed by atoms with E-state index in [1.807, 2.05) is 0 Å². The minimum atomic E-state index is -1.57. The van der Waals surface area contributed by atoms with Gasteiger partial charge < -0.3 is 14.8 Å². The zero-order valence-electron chi connectivity index (χ0n) is 7.92. The minimum absolute atomic E-state index is 0.185. The van der Waals surface area contributed by atoms with Crippen molar-refractivity contribution in [2.45, 2.75) is 13.0 Å².